The predicted molar refractivity (Wildman–Crippen MR) is 95.8 cm³/mol. The maximum atomic E-state index is 13.4. The summed E-state index contributed by atoms with van der Waals surface area (Å²) in [6.07, 6.45) is 7.20. The van der Waals surface area contributed by atoms with E-state index in [1.807, 2.05) is 13.0 Å². The lowest BCUT2D eigenvalue weighted by molar-refractivity contribution is -0.148. The molecule has 25 heavy (non-hydrogen) atoms. The number of carbonyl (C=O) groups excluding carboxylic acids is 3. The third-order valence-electron chi connectivity index (χ3n) is 8.45. The van der Waals surface area contributed by atoms with Crippen molar-refractivity contribution in [3.8, 4) is 0 Å². The molecule has 0 aromatic carbocycles. The zero-order chi connectivity index (χ0) is 18.1. The molecule has 0 unspecified atom stereocenters. The Balaban J connectivity index is 1.74. The minimum atomic E-state index is -0.150. The minimum absolute atomic E-state index is 0.0159. The van der Waals surface area contributed by atoms with Gasteiger partial charge in [0, 0.05) is 24.2 Å². The molecule has 4 aliphatic rings. The van der Waals surface area contributed by atoms with E-state index in [4.69, 9.17) is 0 Å². The fourth-order valence-corrected chi connectivity index (χ4v) is 7.39. The minimum Gasteiger partial charge on any atom is -0.300 e. The molecule has 3 heteroatoms. The molecule has 3 saturated carbocycles. The number of allylic oxidation sites excluding steroid dienone is 1. The summed E-state index contributed by atoms with van der Waals surface area (Å²) in [7, 11) is 0. The average molecular weight is 342 g/mol. The maximum Gasteiger partial charge on any atom is 0.158 e. The molecule has 0 spiro atoms. The van der Waals surface area contributed by atoms with E-state index in [9.17, 15) is 14.4 Å². The van der Waals surface area contributed by atoms with Gasteiger partial charge in [0.15, 0.2) is 5.78 Å². The van der Waals surface area contributed by atoms with Gasteiger partial charge in [0.05, 0.1) is 0 Å². The Morgan fingerprint density at radius 2 is 1.88 bits per heavy atom. The van der Waals surface area contributed by atoms with Crippen LogP contribution in [0.15, 0.2) is 11.6 Å². The Labute approximate surface area is 150 Å². The third-order valence-corrected chi connectivity index (χ3v) is 8.45. The summed E-state index contributed by atoms with van der Waals surface area (Å²) in [5.41, 5.74) is 0.927. The van der Waals surface area contributed by atoms with Crippen LogP contribution in [0.5, 0.6) is 0 Å². The highest BCUT2D eigenvalue weighted by molar-refractivity contribution is 5.94. The van der Waals surface area contributed by atoms with Gasteiger partial charge in [-0.05, 0) is 67.8 Å². The van der Waals surface area contributed by atoms with Gasteiger partial charge >= 0.3 is 0 Å². The molecule has 3 nitrogen and oxygen atoms in total. The molecule has 0 aliphatic heterocycles. The summed E-state index contributed by atoms with van der Waals surface area (Å²) in [5.74, 6) is 1.83. The van der Waals surface area contributed by atoms with Gasteiger partial charge in [-0.15, -0.1) is 0 Å². The van der Waals surface area contributed by atoms with Crippen molar-refractivity contribution in [2.24, 2.45) is 40.4 Å². The monoisotopic (exact) mass is 342 g/mol. The lowest BCUT2D eigenvalue weighted by Gasteiger charge is -2.57. The van der Waals surface area contributed by atoms with Crippen molar-refractivity contribution in [1.82, 2.24) is 0 Å². The first kappa shape index (κ1) is 17.2. The number of hydrogen-bond acceptors (Lipinski definition) is 3. The molecule has 0 saturated heterocycles. The quantitative estimate of drug-likeness (QED) is 0.719. The van der Waals surface area contributed by atoms with Gasteiger partial charge in [0.2, 0.25) is 0 Å². The van der Waals surface area contributed by atoms with E-state index in [2.05, 4.69) is 13.8 Å². The van der Waals surface area contributed by atoms with E-state index in [-0.39, 0.29) is 40.2 Å². The lowest BCUT2D eigenvalue weighted by atomic mass is 9.45. The Hall–Kier alpha value is -1.25. The number of ketones is 3. The molecule has 0 aromatic rings. The fourth-order valence-electron chi connectivity index (χ4n) is 7.39. The highest BCUT2D eigenvalue weighted by atomic mass is 16.1. The van der Waals surface area contributed by atoms with Crippen molar-refractivity contribution in [2.75, 3.05) is 0 Å². The van der Waals surface area contributed by atoms with Crippen LogP contribution in [-0.4, -0.2) is 17.3 Å². The zero-order valence-corrected chi connectivity index (χ0v) is 15.9. The van der Waals surface area contributed by atoms with Crippen LogP contribution in [0.25, 0.3) is 0 Å². The zero-order valence-electron chi connectivity index (χ0n) is 15.9. The van der Waals surface area contributed by atoms with Crippen molar-refractivity contribution in [2.45, 2.75) is 66.2 Å². The van der Waals surface area contributed by atoms with Crippen molar-refractivity contribution in [1.29, 1.82) is 0 Å². The smallest absolute Gasteiger partial charge is 0.158 e. The molecular formula is C22H30O3. The van der Waals surface area contributed by atoms with E-state index in [1.54, 1.807) is 6.92 Å². The predicted octanol–water partition coefficient (Wildman–Crippen LogP) is 4.15. The molecule has 0 radical (unpaired) electrons. The molecule has 7 atom stereocenters. The summed E-state index contributed by atoms with van der Waals surface area (Å²) in [6.45, 7) is 8.14. The summed E-state index contributed by atoms with van der Waals surface area (Å²) in [6, 6.07) is 0. The molecule has 4 rings (SSSR count). The van der Waals surface area contributed by atoms with E-state index in [1.165, 1.54) is 5.57 Å². The van der Waals surface area contributed by atoms with Crippen LogP contribution in [0.4, 0.5) is 0 Å². The van der Waals surface area contributed by atoms with Gasteiger partial charge in [-0.1, -0.05) is 26.3 Å². The Kier molecular flexibility index (Phi) is 3.69. The summed E-state index contributed by atoms with van der Waals surface area (Å²) in [4.78, 5) is 37.7. The van der Waals surface area contributed by atoms with Crippen LogP contribution in [0.2, 0.25) is 0 Å². The normalized spacial score (nSPS) is 49.1. The van der Waals surface area contributed by atoms with Crippen LogP contribution in [0, 0.1) is 40.4 Å². The second-order valence-electron chi connectivity index (χ2n) is 9.77. The molecule has 0 aromatic heterocycles. The molecule has 0 bridgehead atoms. The van der Waals surface area contributed by atoms with E-state index < -0.39 is 0 Å². The van der Waals surface area contributed by atoms with Gasteiger partial charge < -0.3 is 0 Å². The highest BCUT2D eigenvalue weighted by Crippen LogP contribution is 2.65. The van der Waals surface area contributed by atoms with Gasteiger partial charge in [-0.25, -0.2) is 0 Å². The first-order valence-electron chi connectivity index (χ1n) is 9.96. The topological polar surface area (TPSA) is 51.2 Å². The van der Waals surface area contributed by atoms with Crippen molar-refractivity contribution in [3.05, 3.63) is 11.6 Å². The number of carbonyl (C=O) groups is 3. The van der Waals surface area contributed by atoms with E-state index >= 15 is 0 Å². The van der Waals surface area contributed by atoms with Crippen LogP contribution >= 0.6 is 0 Å². The number of fused-ring (bicyclic) bond motifs is 5. The molecule has 3 fully saturated rings. The first-order valence-corrected chi connectivity index (χ1v) is 9.96. The average Bonchev–Trinajstić information content (AvgIpc) is 2.85. The number of Topliss-reactive ketones (excluding diaryl/α,β-unsaturated/α-hetero) is 2. The first-order chi connectivity index (χ1) is 11.7. The molecule has 0 heterocycles. The maximum absolute atomic E-state index is 13.4. The number of hydrogen-bond donors (Lipinski definition) is 0. The van der Waals surface area contributed by atoms with Crippen LogP contribution in [0.1, 0.15) is 66.2 Å². The fraction of sp³-hybridized carbons (Fsp3) is 0.773. The Morgan fingerprint density at radius 1 is 1.16 bits per heavy atom. The molecule has 4 aliphatic carbocycles. The van der Waals surface area contributed by atoms with Crippen molar-refractivity contribution in [3.63, 3.8) is 0 Å². The van der Waals surface area contributed by atoms with Crippen LogP contribution in [-0.2, 0) is 14.4 Å². The van der Waals surface area contributed by atoms with Gasteiger partial charge in [-0.2, -0.15) is 0 Å². The van der Waals surface area contributed by atoms with Gasteiger partial charge in [0.25, 0.3) is 0 Å². The van der Waals surface area contributed by atoms with E-state index in [0.29, 0.717) is 24.0 Å². The summed E-state index contributed by atoms with van der Waals surface area (Å²) in [5, 5.41) is 0. The lowest BCUT2D eigenvalue weighted by Crippen LogP contribution is -2.56. The standard InChI is InChI=1S/C22H30O3/c1-12-10-21(3)14(9-18(12)24)5-6-15-17-8-7-16(13(2)23)22(17,4)11-19(25)20(15)21/h9,12,15-17,20H,5-8,10-11H2,1-4H3/t12-,15+,16-,17+,20-,21+,22-/m1/s1. The van der Waals surface area contributed by atoms with Crippen molar-refractivity contribution >= 4 is 17.3 Å². The Morgan fingerprint density at radius 3 is 2.56 bits per heavy atom. The molecule has 0 N–H and O–H groups in total. The summed E-state index contributed by atoms with van der Waals surface area (Å²) < 4.78 is 0. The second kappa shape index (κ2) is 5.37. The summed E-state index contributed by atoms with van der Waals surface area (Å²) >= 11 is 0. The second-order valence-corrected chi connectivity index (χ2v) is 9.77. The van der Waals surface area contributed by atoms with Crippen molar-refractivity contribution < 1.29 is 14.4 Å². The highest BCUT2D eigenvalue weighted by Gasteiger charge is 2.63. The molecular weight excluding hydrogens is 312 g/mol. The molecule has 136 valence electrons. The van der Waals surface area contributed by atoms with Crippen LogP contribution in [0.3, 0.4) is 0 Å². The third kappa shape index (κ3) is 2.20. The van der Waals surface area contributed by atoms with Gasteiger partial charge in [0.1, 0.15) is 11.6 Å². The largest absolute Gasteiger partial charge is 0.300 e. The van der Waals surface area contributed by atoms with E-state index in [0.717, 1.165) is 32.1 Å². The number of rotatable bonds is 1. The molecule has 0 amide bonds. The van der Waals surface area contributed by atoms with Gasteiger partial charge in [-0.3, -0.25) is 14.4 Å². The SMILES string of the molecule is CC(=O)[C@H]1CC[C@H]2[C@@H]3CCC4=CC(=O)[C@H](C)C[C@]4(C)[C@H]3C(=O)C[C@]12C. The Bertz CT molecular complexity index is 689. The van der Waals surface area contributed by atoms with Crippen LogP contribution < -0.4 is 0 Å².